The third kappa shape index (κ3) is 1.85. The average Bonchev–Trinajstić information content (AvgIpc) is 2.60. The molecule has 0 bridgehead atoms. The van der Waals surface area contributed by atoms with E-state index < -0.39 is 0 Å². The fourth-order valence-electron chi connectivity index (χ4n) is 3.73. The second-order valence-corrected chi connectivity index (χ2v) is 5.94. The van der Waals surface area contributed by atoms with Crippen LogP contribution in [0.1, 0.15) is 16.7 Å². The zero-order chi connectivity index (χ0) is 16.0. The Kier molecular flexibility index (Phi) is 3.06. The fraction of sp³-hybridized carbons (Fsp3) is 0.0435. The molecule has 0 N–H and O–H groups in total. The van der Waals surface area contributed by atoms with E-state index in [2.05, 4.69) is 74.7 Å². The van der Waals surface area contributed by atoms with Crippen LogP contribution in [0.4, 0.5) is 0 Å². The van der Waals surface area contributed by atoms with Crippen molar-refractivity contribution in [2.75, 3.05) is 0 Å². The predicted octanol–water partition coefficient (Wildman–Crippen LogP) is 6.74. The van der Waals surface area contributed by atoms with Crippen molar-refractivity contribution in [3.05, 3.63) is 84.4 Å². The van der Waals surface area contributed by atoms with Crippen LogP contribution in [-0.2, 0) is 0 Å². The van der Waals surface area contributed by atoms with Gasteiger partial charge in [0.1, 0.15) is 0 Å². The van der Waals surface area contributed by atoms with Crippen molar-refractivity contribution < 1.29 is 0 Å². The maximum Gasteiger partial charge on any atom is -0.00204 e. The van der Waals surface area contributed by atoms with E-state index >= 15 is 0 Å². The van der Waals surface area contributed by atoms with Crippen molar-refractivity contribution in [3.63, 3.8) is 0 Å². The molecule has 4 rings (SSSR count). The monoisotopic (exact) mass is 294 g/mol. The highest BCUT2D eigenvalue weighted by molar-refractivity contribution is 6.27. The molecule has 0 unspecified atom stereocenters. The predicted molar refractivity (Wildman–Crippen MR) is 104 cm³/mol. The average molecular weight is 294 g/mol. The van der Waals surface area contributed by atoms with Crippen LogP contribution in [0, 0.1) is 6.92 Å². The van der Waals surface area contributed by atoms with Gasteiger partial charge in [-0.15, -0.1) is 0 Å². The highest BCUT2D eigenvalue weighted by atomic mass is 14.2. The van der Waals surface area contributed by atoms with E-state index in [9.17, 15) is 0 Å². The van der Waals surface area contributed by atoms with Gasteiger partial charge in [0.2, 0.25) is 0 Å². The van der Waals surface area contributed by atoms with Gasteiger partial charge in [-0.2, -0.15) is 0 Å². The summed E-state index contributed by atoms with van der Waals surface area (Å²) in [5, 5.41) is 7.73. The Hall–Kier alpha value is -2.86. The third-order valence-electron chi connectivity index (χ3n) is 4.73. The molecule has 0 aliphatic carbocycles. The van der Waals surface area contributed by atoms with Crippen LogP contribution in [-0.4, -0.2) is 0 Å². The number of aryl methyl sites for hydroxylation is 1. The van der Waals surface area contributed by atoms with Crippen molar-refractivity contribution in [2.45, 2.75) is 6.92 Å². The van der Waals surface area contributed by atoms with E-state index in [4.69, 9.17) is 0 Å². The molecule has 0 saturated heterocycles. The lowest BCUT2D eigenvalue weighted by Gasteiger charge is -2.16. The van der Waals surface area contributed by atoms with Gasteiger partial charge in [-0.05, 0) is 55.9 Å². The minimum absolute atomic E-state index is 1.17. The van der Waals surface area contributed by atoms with Crippen molar-refractivity contribution in [1.82, 2.24) is 0 Å². The molecule has 0 amide bonds. The van der Waals surface area contributed by atoms with Gasteiger partial charge in [-0.1, -0.05) is 79.9 Å². The minimum Gasteiger partial charge on any atom is -0.0984 e. The zero-order valence-corrected chi connectivity index (χ0v) is 13.3. The molecule has 0 saturated carbocycles. The molecule has 0 heteroatoms. The Labute approximate surface area is 136 Å². The SMILES string of the molecule is C=Cc1c(C)cc2c3ccccc3c3ccccc3c2c1C=C. The summed E-state index contributed by atoms with van der Waals surface area (Å²) in [6.45, 7) is 10.2. The van der Waals surface area contributed by atoms with E-state index in [1.165, 1.54) is 49.0 Å². The van der Waals surface area contributed by atoms with E-state index in [1.54, 1.807) is 0 Å². The topological polar surface area (TPSA) is 0 Å². The van der Waals surface area contributed by atoms with Gasteiger partial charge in [0.25, 0.3) is 0 Å². The lowest BCUT2D eigenvalue weighted by atomic mass is 9.87. The van der Waals surface area contributed by atoms with Crippen LogP contribution in [0.3, 0.4) is 0 Å². The lowest BCUT2D eigenvalue weighted by molar-refractivity contribution is 1.47. The van der Waals surface area contributed by atoms with Gasteiger partial charge in [-0.25, -0.2) is 0 Å². The largest absolute Gasteiger partial charge is 0.0984 e. The number of rotatable bonds is 2. The molecule has 0 aliphatic rings. The normalized spacial score (nSPS) is 11.2. The highest BCUT2D eigenvalue weighted by Gasteiger charge is 2.13. The molecule has 0 nitrogen and oxygen atoms in total. The molecular formula is C23H18. The summed E-state index contributed by atoms with van der Waals surface area (Å²) in [5.74, 6) is 0. The first-order chi connectivity index (χ1) is 11.3. The highest BCUT2D eigenvalue weighted by Crippen LogP contribution is 2.39. The van der Waals surface area contributed by atoms with Gasteiger partial charge < -0.3 is 0 Å². The molecule has 0 aliphatic heterocycles. The van der Waals surface area contributed by atoms with Crippen molar-refractivity contribution in [1.29, 1.82) is 0 Å². The maximum atomic E-state index is 4.07. The lowest BCUT2D eigenvalue weighted by Crippen LogP contribution is -1.92. The minimum atomic E-state index is 1.17. The van der Waals surface area contributed by atoms with Gasteiger partial charge in [0, 0.05) is 0 Å². The quantitative estimate of drug-likeness (QED) is 0.359. The molecule has 4 aromatic rings. The standard InChI is InChI=1S/C23H18/c1-4-16-15(3)14-22-20-12-7-6-10-18(20)19-11-8-9-13-21(19)23(22)17(16)5-2/h4-14H,1-2H2,3H3. The molecule has 0 fully saturated rings. The van der Waals surface area contributed by atoms with Crippen LogP contribution in [0.15, 0.2) is 67.8 Å². The number of hydrogen-bond donors (Lipinski definition) is 0. The Morgan fingerprint density at radius 2 is 1.13 bits per heavy atom. The first-order valence-corrected chi connectivity index (χ1v) is 7.88. The van der Waals surface area contributed by atoms with Crippen LogP contribution in [0.2, 0.25) is 0 Å². The Balaban J connectivity index is 2.45. The third-order valence-corrected chi connectivity index (χ3v) is 4.73. The van der Waals surface area contributed by atoms with Crippen molar-refractivity contribution >= 4 is 44.5 Å². The van der Waals surface area contributed by atoms with Crippen LogP contribution < -0.4 is 0 Å². The molecule has 23 heavy (non-hydrogen) atoms. The fourth-order valence-corrected chi connectivity index (χ4v) is 3.73. The Bertz CT molecular complexity index is 1100. The Morgan fingerprint density at radius 1 is 0.652 bits per heavy atom. The second kappa shape index (κ2) is 5.10. The first kappa shape index (κ1) is 13.8. The first-order valence-electron chi connectivity index (χ1n) is 7.88. The summed E-state index contributed by atoms with van der Waals surface area (Å²) in [6, 6.07) is 19.6. The van der Waals surface area contributed by atoms with Gasteiger partial charge in [0.15, 0.2) is 0 Å². The summed E-state index contributed by atoms with van der Waals surface area (Å²) >= 11 is 0. The molecule has 110 valence electrons. The molecule has 0 aromatic heterocycles. The van der Waals surface area contributed by atoms with Gasteiger partial charge in [-0.3, -0.25) is 0 Å². The number of benzene rings is 4. The maximum absolute atomic E-state index is 4.07. The summed E-state index contributed by atoms with van der Waals surface area (Å²) in [5.41, 5.74) is 3.59. The van der Waals surface area contributed by atoms with Crippen LogP contribution in [0.25, 0.3) is 44.5 Å². The summed E-state index contributed by atoms with van der Waals surface area (Å²) in [4.78, 5) is 0. The zero-order valence-electron chi connectivity index (χ0n) is 13.3. The van der Waals surface area contributed by atoms with Crippen LogP contribution >= 0.6 is 0 Å². The van der Waals surface area contributed by atoms with E-state index in [0.29, 0.717) is 0 Å². The molecule has 0 spiro atoms. The molecule has 0 heterocycles. The van der Waals surface area contributed by atoms with E-state index in [-0.39, 0.29) is 0 Å². The molecule has 0 atom stereocenters. The van der Waals surface area contributed by atoms with Crippen molar-refractivity contribution in [2.24, 2.45) is 0 Å². The van der Waals surface area contributed by atoms with Crippen LogP contribution in [0.5, 0.6) is 0 Å². The summed E-state index contributed by atoms with van der Waals surface area (Å²) in [6.07, 6.45) is 3.91. The van der Waals surface area contributed by atoms with E-state index in [0.717, 1.165) is 0 Å². The number of fused-ring (bicyclic) bond motifs is 6. The van der Waals surface area contributed by atoms with Crippen molar-refractivity contribution in [3.8, 4) is 0 Å². The summed E-state index contributed by atoms with van der Waals surface area (Å²) in [7, 11) is 0. The molecule has 0 radical (unpaired) electrons. The summed E-state index contributed by atoms with van der Waals surface area (Å²) < 4.78 is 0. The van der Waals surface area contributed by atoms with Gasteiger partial charge >= 0.3 is 0 Å². The Morgan fingerprint density at radius 3 is 1.70 bits per heavy atom. The number of hydrogen-bond acceptors (Lipinski definition) is 0. The molecular weight excluding hydrogens is 276 g/mol. The van der Waals surface area contributed by atoms with E-state index in [1.807, 2.05) is 12.2 Å². The second-order valence-electron chi connectivity index (χ2n) is 5.94. The molecule has 4 aromatic carbocycles. The smallest absolute Gasteiger partial charge is 0.00204 e. The van der Waals surface area contributed by atoms with Gasteiger partial charge in [0.05, 0.1) is 0 Å².